The molecule has 0 saturated heterocycles. The number of benzene rings is 7. The first-order valence-electron chi connectivity index (χ1n) is 15.4. The molecule has 2 aromatic heterocycles. The van der Waals surface area contributed by atoms with Gasteiger partial charge in [0.1, 0.15) is 0 Å². The molecule has 2 heterocycles. The minimum Gasteiger partial charge on any atom is -0.309 e. The Morgan fingerprint density at radius 1 is 0.378 bits per heavy atom. The van der Waals surface area contributed by atoms with Gasteiger partial charge in [-0.1, -0.05) is 115 Å². The van der Waals surface area contributed by atoms with E-state index in [1.54, 1.807) is 0 Å². The molecule has 2 nitrogen and oxygen atoms in total. The number of aromatic nitrogens is 2. The van der Waals surface area contributed by atoms with Gasteiger partial charge in [0, 0.05) is 34.1 Å². The second kappa shape index (κ2) is 10.3. The first kappa shape index (κ1) is 25.5. The largest absolute Gasteiger partial charge is 0.309 e. The average Bonchev–Trinajstić information content (AvgIpc) is 3.45. The second-order valence-corrected chi connectivity index (χ2v) is 11.6. The Bertz CT molecular complexity index is 2530. The summed E-state index contributed by atoms with van der Waals surface area (Å²) in [5, 5.41) is 7.34. The lowest BCUT2D eigenvalue weighted by atomic mass is 9.91. The molecule has 0 atom stereocenters. The monoisotopic (exact) mass is 572 g/mol. The summed E-state index contributed by atoms with van der Waals surface area (Å²) >= 11 is 0. The van der Waals surface area contributed by atoms with Crippen LogP contribution in [0, 0.1) is 0 Å². The zero-order valence-corrected chi connectivity index (χ0v) is 24.6. The maximum atomic E-state index is 4.46. The molecule has 0 spiro atoms. The quantitative estimate of drug-likeness (QED) is 0.192. The number of hydrogen-bond donors (Lipinski definition) is 0. The maximum absolute atomic E-state index is 4.46. The van der Waals surface area contributed by atoms with Crippen LogP contribution in [0.5, 0.6) is 0 Å². The second-order valence-electron chi connectivity index (χ2n) is 11.6. The van der Waals surface area contributed by atoms with Gasteiger partial charge in [-0.3, -0.25) is 4.98 Å². The Morgan fingerprint density at radius 3 is 1.93 bits per heavy atom. The molecule has 7 aromatic carbocycles. The van der Waals surface area contributed by atoms with E-state index in [9.17, 15) is 0 Å². The van der Waals surface area contributed by atoms with E-state index in [1.807, 2.05) is 12.4 Å². The summed E-state index contributed by atoms with van der Waals surface area (Å²) in [5.74, 6) is 0. The van der Waals surface area contributed by atoms with Crippen molar-refractivity contribution < 1.29 is 0 Å². The molecule has 0 aliphatic carbocycles. The van der Waals surface area contributed by atoms with E-state index in [0.717, 1.165) is 5.39 Å². The van der Waals surface area contributed by atoms with Crippen molar-refractivity contribution in [1.82, 2.24) is 9.55 Å². The van der Waals surface area contributed by atoms with Crippen LogP contribution in [-0.4, -0.2) is 9.55 Å². The molecule has 210 valence electrons. The number of hydrogen-bond acceptors (Lipinski definition) is 1. The normalized spacial score (nSPS) is 11.6. The predicted molar refractivity (Wildman–Crippen MR) is 190 cm³/mol. The van der Waals surface area contributed by atoms with Gasteiger partial charge in [-0.25, -0.2) is 0 Å². The van der Waals surface area contributed by atoms with Gasteiger partial charge >= 0.3 is 0 Å². The highest BCUT2D eigenvalue weighted by molar-refractivity contribution is 6.15. The highest BCUT2D eigenvalue weighted by Gasteiger charge is 2.17. The standard InChI is InChI=1S/C43H28N2/c1-3-11-29(12-4-1)31-20-22-43-40(25-31)37-16-8-10-18-42(37)45(43)41-17-9-7-15-35(41)32-19-21-36-38(30-13-5-2-6-14-30)27-33-28-44-24-23-34(33)39(36)26-32/h1-28H. The lowest BCUT2D eigenvalue weighted by molar-refractivity contribution is 1.18. The minimum atomic E-state index is 1.14. The summed E-state index contributed by atoms with van der Waals surface area (Å²) < 4.78 is 2.43. The molecule has 0 radical (unpaired) electrons. The fourth-order valence-electron chi connectivity index (χ4n) is 6.98. The van der Waals surface area contributed by atoms with Crippen molar-refractivity contribution in [3.05, 3.63) is 170 Å². The Labute approximate surface area is 261 Å². The molecule has 0 unspecified atom stereocenters. The van der Waals surface area contributed by atoms with Crippen LogP contribution in [0.1, 0.15) is 0 Å². The fourth-order valence-corrected chi connectivity index (χ4v) is 6.98. The molecule has 0 bridgehead atoms. The zero-order valence-electron chi connectivity index (χ0n) is 24.6. The molecule has 0 aliphatic heterocycles. The fraction of sp³-hybridized carbons (Fsp3) is 0. The Balaban J connectivity index is 1.29. The smallest absolute Gasteiger partial charge is 0.0541 e. The molecule has 9 rings (SSSR count). The topological polar surface area (TPSA) is 17.8 Å². The number of nitrogens with zero attached hydrogens (tertiary/aromatic N) is 2. The van der Waals surface area contributed by atoms with Gasteiger partial charge in [0.25, 0.3) is 0 Å². The molecular formula is C43H28N2. The highest BCUT2D eigenvalue weighted by atomic mass is 15.0. The lowest BCUT2D eigenvalue weighted by Gasteiger charge is -2.16. The van der Waals surface area contributed by atoms with Gasteiger partial charge in [-0.05, 0) is 86.4 Å². The van der Waals surface area contributed by atoms with Gasteiger partial charge in [0.2, 0.25) is 0 Å². The summed E-state index contributed by atoms with van der Waals surface area (Å²) in [5.41, 5.74) is 10.8. The molecule has 0 amide bonds. The van der Waals surface area contributed by atoms with Gasteiger partial charge in [0.15, 0.2) is 0 Å². The van der Waals surface area contributed by atoms with Crippen molar-refractivity contribution >= 4 is 43.4 Å². The summed E-state index contributed by atoms with van der Waals surface area (Å²) in [7, 11) is 0. The Hall–Kier alpha value is -5.99. The third-order valence-corrected chi connectivity index (χ3v) is 9.07. The van der Waals surface area contributed by atoms with E-state index in [4.69, 9.17) is 0 Å². The van der Waals surface area contributed by atoms with Crippen LogP contribution in [0.4, 0.5) is 0 Å². The van der Waals surface area contributed by atoms with Crippen molar-refractivity contribution in [3.63, 3.8) is 0 Å². The van der Waals surface area contributed by atoms with E-state index in [2.05, 4.69) is 167 Å². The molecule has 0 N–H and O–H groups in total. The third-order valence-electron chi connectivity index (χ3n) is 9.07. The summed E-state index contributed by atoms with van der Waals surface area (Å²) in [4.78, 5) is 4.46. The van der Waals surface area contributed by atoms with Crippen LogP contribution in [-0.2, 0) is 0 Å². The van der Waals surface area contributed by atoms with Crippen molar-refractivity contribution in [2.45, 2.75) is 0 Å². The Kier molecular flexibility index (Phi) is 5.85. The minimum absolute atomic E-state index is 1.14. The summed E-state index contributed by atoms with van der Waals surface area (Å²) in [6.07, 6.45) is 3.87. The van der Waals surface area contributed by atoms with Crippen molar-refractivity contribution in [2.24, 2.45) is 0 Å². The van der Waals surface area contributed by atoms with E-state index in [1.165, 1.54) is 77.0 Å². The number of fused-ring (bicyclic) bond motifs is 6. The predicted octanol–water partition coefficient (Wildman–Crippen LogP) is 11.5. The van der Waals surface area contributed by atoms with Gasteiger partial charge in [-0.15, -0.1) is 0 Å². The first-order valence-corrected chi connectivity index (χ1v) is 15.4. The van der Waals surface area contributed by atoms with Crippen LogP contribution in [0.25, 0.3) is 82.4 Å². The summed E-state index contributed by atoms with van der Waals surface area (Å²) in [6.45, 7) is 0. The highest BCUT2D eigenvalue weighted by Crippen LogP contribution is 2.40. The third kappa shape index (κ3) is 4.15. The Morgan fingerprint density at radius 2 is 1.07 bits per heavy atom. The molecule has 0 fully saturated rings. The molecule has 2 heteroatoms. The van der Waals surface area contributed by atoms with Gasteiger partial charge in [0.05, 0.1) is 16.7 Å². The van der Waals surface area contributed by atoms with E-state index in [0.29, 0.717) is 0 Å². The SMILES string of the molecule is c1ccc(-c2ccc3c(c2)c2ccccc2n3-c2ccccc2-c2ccc3c(-c4ccccc4)cc4cnccc4c3c2)cc1. The molecule has 45 heavy (non-hydrogen) atoms. The van der Waals surface area contributed by atoms with E-state index >= 15 is 0 Å². The molecule has 9 aromatic rings. The lowest BCUT2D eigenvalue weighted by Crippen LogP contribution is -1.97. The van der Waals surface area contributed by atoms with Crippen LogP contribution >= 0.6 is 0 Å². The van der Waals surface area contributed by atoms with Crippen LogP contribution in [0.3, 0.4) is 0 Å². The number of para-hydroxylation sites is 2. The van der Waals surface area contributed by atoms with Crippen LogP contribution in [0.2, 0.25) is 0 Å². The van der Waals surface area contributed by atoms with Crippen molar-refractivity contribution in [3.8, 4) is 39.1 Å². The summed E-state index contributed by atoms with van der Waals surface area (Å²) in [6, 6.07) is 57.1. The average molecular weight is 573 g/mol. The zero-order chi connectivity index (χ0) is 29.7. The molecule has 0 aliphatic rings. The molecule has 0 saturated carbocycles. The van der Waals surface area contributed by atoms with Crippen molar-refractivity contribution in [2.75, 3.05) is 0 Å². The van der Waals surface area contributed by atoms with Crippen molar-refractivity contribution in [1.29, 1.82) is 0 Å². The van der Waals surface area contributed by atoms with Gasteiger partial charge < -0.3 is 4.57 Å². The number of pyridine rings is 1. The van der Waals surface area contributed by atoms with E-state index < -0.39 is 0 Å². The van der Waals surface area contributed by atoms with Gasteiger partial charge in [-0.2, -0.15) is 0 Å². The molecular weight excluding hydrogens is 544 g/mol. The number of rotatable bonds is 4. The van der Waals surface area contributed by atoms with Crippen LogP contribution in [0.15, 0.2) is 170 Å². The van der Waals surface area contributed by atoms with E-state index in [-0.39, 0.29) is 0 Å². The first-order chi connectivity index (χ1) is 22.3. The van der Waals surface area contributed by atoms with Crippen LogP contribution < -0.4 is 0 Å². The maximum Gasteiger partial charge on any atom is 0.0541 e.